The van der Waals surface area contributed by atoms with Gasteiger partial charge in [0.05, 0.1) is 0 Å². The zero-order valence-corrected chi connectivity index (χ0v) is 12.5. The standard InChI is InChI=1S/C10H6BrIN2OS/c11-7-3-4-16-9(7)10(15)14-8-2-1-6(12)5-13-8/h1-5H,(H,13,14,15). The lowest BCUT2D eigenvalue weighted by molar-refractivity contribution is 0.102. The summed E-state index contributed by atoms with van der Waals surface area (Å²) in [7, 11) is 0. The minimum Gasteiger partial charge on any atom is -0.306 e. The molecular weight excluding hydrogens is 403 g/mol. The third kappa shape index (κ3) is 2.80. The molecule has 0 saturated carbocycles. The third-order valence-corrected chi connectivity index (χ3v) is 4.27. The van der Waals surface area contributed by atoms with Crippen LogP contribution >= 0.6 is 49.9 Å². The summed E-state index contributed by atoms with van der Waals surface area (Å²) < 4.78 is 1.84. The van der Waals surface area contributed by atoms with Gasteiger partial charge in [-0.1, -0.05) is 0 Å². The number of amides is 1. The van der Waals surface area contributed by atoms with Crippen LogP contribution in [0.3, 0.4) is 0 Å². The van der Waals surface area contributed by atoms with Crippen LogP contribution in [0.5, 0.6) is 0 Å². The maximum absolute atomic E-state index is 11.8. The van der Waals surface area contributed by atoms with Gasteiger partial charge < -0.3 is 5.32 Å². The molecule has 2 aromatic heterocycles. The van der Waals surface area contributed by atoms with Crippen LogP contribution in [0.1, 0.15) is 9.67 Å². The van der Waals surface area contributed by atoms with Crippen molar-refractivity contribution in [1.82, 2.24) is 4.98 Å². The molecule has 0 fully saturated rings. The molecule has 2 heterocycles. The molecule has 0 radical (unpaired) electrons. The van der Waals surface area contributed by atoms with E-state index >= 15 is 0 Å². The number of halogens is 2. The van der Waals surface area contributed by atoms with E-state index in [4.69, 9.17) is 0 Å². The van der Waals surface area contributed by atoms with E-state index in [1.165, 1.54) is 11.3 Å². The Kier molecular flexibility index (Phi) is 3.93. The molecule has 16 heavy (non-hydrogen) atoms. The van der Waals surface area contributed by atoms with Crippen LogP contribution < -0.4 is 5.32 Å². The van der Waals surface area contributed by atoms with E-state index in [0.717, 1.165) is 8.04 Å². The SMILES string of the molecule is O=C(Nc1ccc(I)cn1)c1sccc1Br. The van der Waals surface area contributed by atoms with Crippen molar-refractivity contribution < 1.29 is 4.79 Å². The van der Waals surface area contributed by atoms with Crippen molar-refractivity contribution in [2.75, 3.05) is 5.32 Å². The van der Waals surface area contributed by atoms with Crippen molar-refractivity contribution in [1.29, 1.82) is 0 Å². The van der Waals surface area contributed by atoms with Gasteiger partial charge in [0, 0.05) is 14.2 Å². The molecule has 0 saturated heterocycles. The average Bonchev–Trinajstić information content (AvgIpc) is 2.68. The largest absolute Gasteiger partial charge is 0.306 e. The van der Waals surface area contributed by atoms with Crippen molar-refractivity contribution in [2.45, 2.75) is 0 Å². The Morgan fingerprint density at radius 2 is 2.25 bits per heavy atom. The van der Waals surface area contributed by atoms with Gasteiger partial charge in [-0.05, 0) is 62.1 Å². The highest BCUT2D eigenvalue weighted by Crippen LogP contribution is 2.23. The lowest BCUT2D eigenvalue weighted by Gasteiger charge is -2.02. The number of nitrogens with zero attached hydrogens (tertiary/aromatic N) is 1. The molecule has 0 unspecified atom stereocenters. The second-order valence-electron chi connectivity index (χ2n) is 2.91. The summed E-state index contributed by atoms with van der Waals surface area (Å²) in [5, 5.41) is 4.60. The van der Waals surface area contributed by atoms with Crippen LogP contribution in [0.4, 0.5) is 5.82 Å². The summed E-state index contributed by atoms with van der Waals surface area (Å²) in [6.45, 7) is 0. The maximum Gasteiger partial charge on any atom is 0.268 e. The third-order valence-electron chi connectivity index (χ3n) is 1.79. The first-order chi connectivity index (χ1) is 7.66. The molecule has 6 heteroatoms. The molecule has 0 aliphatic heterocycles. The zero-order valence-electron chi connectivity index (χ0n) is 7.91. The van der Waals surface area contributed by atoms with Crippen molar-refractivity contribution >= 4 is 61.6 Å². The van der Waals surface area contributed by atoms with Gasteiger partial charge in [-0.3, -0.25) is 4.79 Å². The number of pyridine rings is 1. The number of nitrogens with one attached hydrogen (secondary N) is 1. The summed E-state index contributed by atoms with van der Waals surface area (Å²) in [5.41, 5.74) is 0. The second kappa shape index (κ2) is 5.24. The van der Waals surface area contributed by atoms with E-state index in [-0.39, 0.29) is 5.91 Å². The number of aromatic nitrogens is 1. The zero-order chi connectivity index (χ0) is 11.5. The van der Waals surface area contributed by atoms with Gasteiger partial charge in [0.25, 0.3) is 5.91 Å². The molecule has 82 valence electrons. The van der Waals surface area contributed by atoms with E-state index in [2.05, 4.69) is 48.8 Å². The van der Waals surface area contributed by atoms with Gasteiger partial charge in [0.15, 0.2) is 0 Å². The summed E-state index contributed by atoms with van der Waals surface area (Å²) in [5.74, 6) is 0.418. The maximum atomic E-state index is 11.8. The number of carbonyl (C=O) groups is 1. The lowest BCUT2D eigenvalue weighted by atomic mass is 10.4. The molecule has 3 nitrogen and oxygen atoms in total. The van der Waals surface area contributed by atoms with E-state index in [1.54, 1.807) is 12.3 Å². The molecule has 1 N–H and O–H groups in total. The molecule has 0 atom stereocenters. The quantitative estimate of drug-likeness (QED) is 0.768. The Balaban J connectivity index is 2.14. The highest BCUT2D eigenvalue weighted by Gasteiger charge is 2.11. The highest BCUT2D eigenvalue weighted by molar-refractivity contribution is 14.1. The van der Waals surface area contributed by atoms with Crippen LogP contribution in [-0.4, -0.2) is 10.9 Å². The molecule has 0 aliphatic rings. The van der Waals surface area contributed by atoms with E-state index in [9.17, 15) is 4.79 Å². The van der Waals surface area contributed by atoms with Crippen LogP contribution in [0.2, 0.25) is 0 Å². The number of rotatable bonds is 2. The molecule has 0 aliphatic carbocycles. The predicted octanol–water partition coefficient (Wildman–Crippen LogP) is 3.76. The first-order valence-electron chi connectivity index (χ1n) is 4.33. The molecule has 0 spiro atoms. The predicted molar refractivity (Wildman–Crippen MR) is 76.9 cm³/mol. The van der Waals surface area contributed by atoms with Gasteiger partial charge in [-0.15, -0.1) is 11.3 Å². The number of anilines is 1. The van der Waals surface area contributed by atoms with Crippen molar-refractivity contribution in [2.24, 2.45) is 0 Å². The van der Waals surface area contributed by atoms with Crippen LogP contribution in [-0.2, 0) is 0 Å². The summed E-state index contributed by atoms with van der Waals surface area (Å²) in [6.07, 6.45) is 1.71. The monoisotopic (exact) mass is 408 g/mol. The molecule has 1 amide bonds. The minimum absolute atomic E-state index is 0.143. The van der Waals surface area contributed by atoms with E-state index in [0.29, 0.717) is 10.7 Å². The van der Waals surface area contributed by atoms with Crippen LogP contribution in [0, 0.1) is 3.57 Å². The second-order valence-corrected chi connectivity index (χ2v) is 5.93. The van der Waals surface area contributed by atoms with Crippen molar-refractivity contribution in [3.8, 4) is 0 Å². The Morgan fingerprint density at radius 1 is 1.44 bits per heavy atom. The van der Waals surface area contributed by atoms with Crippen molar-refractivity contribution in [3.63, 3.8) is 0 Å². The van der Waals surface area contributed by atoms with Crippen LogP contribution in [0.15, 0.2) is 34.2 Å². The highest BCUT2D eigenvalue weighted by atomic mass is 127. The molecular formula is C10H6BrIN2OS. The summed E-state index contributed by atoms with van der Waals surface area (Å²) >= 11 is 6.88. The summed E-state index contributed by atoms with van der Waals surface area (Å²) in [6, 6.07) is 5.52. The van der Waals surface area contributed by atoms with Gasteiger partial charge in [0.1, 0.15) is 10.7 Å². The van der Waals surface area contributed by atoms with E-state index < -0.39 is 0 Å². The Bertz CT molecular complexity index is 512. The molecule has 2 aromatic rings. The van der Waals surface area contributed by atoms with Gasteiger partial charge in [-0.2, -0.15) is 0 Å². The topological polar surface area (TPSA) is 42.0 Å². The van der Waals surface area contributed by atoms with Crippen LogP contribution in [0.25, 0.3) is 0 Å². The lowest BCUT2D eigenvalue weighted by Crippen LogP contribution is -2.11. The number of hydrogen-bond acceptors (Lipinski definition) is 3. The number of carbonyl (C=O) groups excluding carboxylic acids is 1. The van der Waals surface area contributed by atoms with Gasteiger partial charge >= 0.3 is 0 Å². The molecule has 2 rings (SSSR count). The molecule has 0 aromatic carbocycles. The minimum atomic E-state index is -0.143. The van der Waals surface area contributed by atoms with Crippen molar-refractivity contribution in [3.05, 3.63) is 42.7 Å². The fraction of sp³-hybridized carbons (Fsp3) is 0. The van der Waals surface area contributed by atoms with E-state index in [1.807, 2.05) is 17.5 Å². The first kappa shape index (κ1) is 12.0. The smallest absolute Gasteiger partial charge is 0.268 e. The van der Waals surface area contributed by atoms with Gasteiger partial charge in [-0.25, -0.2) is 4.98 Å². The molecule has 0 bridgehead atoms. The van der Waals surface area contributed by atoms with Gasteiger partial charge in [0.2, 0.25) is 0 Å². The Hall–Kier alpha value is -0.470. The fourth-order valence-electron chi connectivity index (χ4n) is 1.08. The average molecular weight is 409 g/mol. The number of hydrogen-bond donors (Lipinski definition) is 1. The fourth-order valence-corrected chi connectivity index (χ4v) is 2.84. The first-order valence-corrected chi connectivity index (χ1v) is 7.08. The summed E-state index contributed by atoms with van der Waals surface area (Å²) in [4.78, 5) is 16.6. The number of thiophene rings is 1. The Morgan fingerprint density at radius 3 is 2.81 bits per heavy atom. The normalized spacial score (nSPS) is 10.1. The Labute approximate surface area is 119 Å².